The standard InChI is InChI=1S/C15H26N2/c1-2-10-17-11-8-15(9-12-17)16-13-14-6-4-3-5-7-14/h1,14-16H,3-13H2. The van der Waals surface area contributed by atoms with Crippen molar-refractivity contribution in [3.05, 3.63) is 0 Å². The molecule has 0 aromatic rings. The summed E-state index contributed by atoms with van der Waals surface area (Å²) in [6.07, 6.45) is 15.1. The molecule has 0 aromatic carbocycles. The first kappa shape index (κ1) is 12.9. The van der Waals surface area contributed by atoms with Crippen LogP contribution in [0.15, 0.2) is 0 Å². The van der Waals surface area contributed by atoms with E-state index in [-0.39, 0.29) is 0 Å². The molecule has 1 N–H and O–H groups in total. The van der Waals surface area contributed by atoms with Crippen LogP contribution in [0.4, 0.5) is 0 Å². The lowest BCUT2D eigenvalue weighted by atomic mass is 9.89. The van der Waals surface area contributed by atoms with Gasteiger partial charge in [-0.3, -0.25) is 4.90 Å². The van der Waals surface area contributed by atoms with Gasteiger partial charge in [0, 0.05) is 19.1 Å². The molecule has 2 rings (SSSR count). The van der Waals surface area contributed by atoms with E-state index in [4.69, 9.17) is 6.42 Å². The second kappa shape index (κ2) is 7.03. The Morgan fingerprint density at radius 2 is 1.76 bits per heavy atom. The molecular weight excluding hydrogens is 208 g/mol. The van der Waals surface area contributed by atoms with E-state index in [1.165, 1.54) is 64.6 Å². The summed E-state index contributed by atoms with van der Waals surface area (Å²) in [7, 11) is 0. The van der Waals surface area contributed by atoms with Gasteiger partial charge in [-0.1, -0.05) is 25.2 Å². The summed E-state index contributed by atoms with van der Waals surface area (Å²) in [5.41, 5.74) is 0. The van der Waals surface area contributed by atoms with E-state index < -0.39 is 0 Å². The summed E-state index contributed by atoms with van der Waals surface area (Å²) in [5.74, 6) is 3.69. The second-order valence-electron chi connectivity index (χ2n) is 5.67. The average molecular weight is 234 g/mol. The van der Waals surface area contributed by atoms with Gasteiger partial charge >= 0.3 is 0 Å². The minimum atomic E-state index is 0.742. The maximum Gasteiger partial charge on any atom is 0.0598 e. The first-order chi connectivity index (χ1) is 8.38. The fourth-order valence-corrected chi connectivity index (χ4v) is 3.15. The molecule has 2 fully saturated rings. The third kappa shape index (κ3) is 4.33. The molecule has 0 spiro atoms. The van der Waals surface area contributed by atoms with Gasteiger partial charge in [0.1, 0.15) is 0 Å². The molecule has 17 heavy (non-hydrogen) atoms. The highest BCUT2D eigenvalue weighted by Crippen LogP contribution is 2.23. The van der Waals surface area contributed by atoms with Crippen molar-refractivity contribution < 1.29 is 0 Å². The van der Waals surface area contributed by atoms with Gasteiger partial charge in [-0.25, -0.2) is 0 Å². The summed E-state index contributed by atoms with van der Waals surface area (Å²) in [6.45, 7) is 4.42. The van der Waals surface area contributed by atoms with Gasteiger partial charge in [-0.2, -0.15) is 0 Å². The molecule has 96 valence electrons. The minimum Gasteiger partial charge on any atom is -0.314 e. The number of nitrogens with zero attached hydrogens (tertiary/aromatic N) is 1. The zero-order chi connectivity index (χ0) is 11.9. The highest BCUT2D eigenvalue weighted by molar-refractivity contribution is 4.90. The number of hydrogen-bond donors (Lipinski definition) is 1. The molecule has 2 nitrogen and oxygen atoms in total. The number of hydrogen-bond acceptors (Lipinski definition) is 2. The first-order valence-electron chi connectivity index (χ1n) is 7.27. The lowest BCUT2D eigenvalue weighted by Crippen LogP contribution is -2.44. The number of terminal acetylenes is 1. The van der Waals surface area contributed by atoms with E-state index in [0.717, 1.165) is 18.5 Å². The summed E-state index contributed by atoms with van der Waals surface area (Å²) in [5, 5.41) is 3.78. The number of nitrogens with one attached hydrogen (secondary N) is 1. The van der Waals surface area contributed by atoms with E-state index in [1.807, 2.05) is 0 Å². The fraction of sp³-hybridized carbons (Fsp3) is 0.867. The van der Waals surface area contributed by atoms with Crippen molar-refractivity contribution in [1.29, 1.82) is 0 Å². The molecule has 0 radical (unpaired) electrons. The van der Waals surface area contributed by atoms with Crippen LogP contribution in [0.25, 0.3) is 0 Å². The Morgan fingerprint density at radius 3 is 2.41 bits per heavy atom. The van der Waals surface area contributed by atoms with Crippen molar-refractivity contribution >= 4 is 0 Å². The Kier molecular flexibility index (Phi) is 5.35. The van der Waals surface area contributed by atoms with Crippen molar-refractivity contribution in [2.45, 2.75) is 51.0 Å². The minimum absolute atomic E-state index is 0.742. The van der Waals surface area contributed by atoms with Crippen LogP contribution in [0, 0.1) is 18.3 Å². The third-order valence-corrected chi connectivity index (χ3v) is 4.32. The van der Waals surface area contributed by atoms with Gasteiger partial charge in [-0.05, 0) is 38.1 Å². The predicted octanol–water partition coefficient (Wildman–Crippen LogP) is 2.25. The number of piperidine rings is 1. The monoisotopic (exact) mass is 234 g/mol. The Labute approximate surface area is 106 Å². The second-order valence-corrected chi connectivity index (χ2v) is 5.67. The Morgan fingerprint density at radius 1 is 1.06 bits per heavy atom. The molecule has 1 heterocycles. The molecule has 2 aliphatic rings. The third-order valence-electron chi connectivity index (χ3n) is 4.32. The largest absolute Gasteiger partial charge is 0.314 e. The molecular formula is C15H26N2. The first-order valence-corrected chi connectivity index (χ1v) is 7.27. The zero-order valence-electron chi connectivity index (χ0n) is 11.0. The lowest BCUT2D eigenvalue weighted by molar-refractivity contribution is 0.209. The van der Waals surface area contributed by atoms with Crippen LogP contribution in [0.3, 0.4) is 0 Å². The number of likely N-dealkylation sites (tertiary alicyclic amines) is 1. The van der Waals surface area contributed by atoms with Gasteiger partial charge in [0.05, 0.1) is 6.54 Å². The molecule has 0 aromatic heterocycles. The predicted molar refractivity (Wildman–Crippen MR) is 72.9 cm³/mol. The Hall–Kier alpha value is -0.520. The SMILES string of the molecule is C#CCN1CCC(NCC2CCCCC2)CC1. The molecule has 1 aliphatic carbocycles. The van der Waals surface area contributed by atoms with Crippen molar-refractivity contribution in [1.82, 2.24) is 10.2 Å². The topological polar surface area (TPSA) is 15.3 Å². The van der Waals surface area contributed by atoms with Crippen LogP contribution >= 0.6 is 0 Å². The van der Waals surface area contributed by atoms with Crippen LogP contribution in [0.1, 0.15) is 44.9 Å². The van der Waals surface area contributed by atoms with Gasteiger partial charge in [0.15, 0.2) is 0 Å². The maximum atomic E-state index is 5.34. The highest BCUT2D eigenvalue weighted by atomic mass is 15.1. The van der Waals surface area contributed by atoms with Crippen molar-refractivity contribution in [2.75, 3.05) is 26.2 Å². The van der Waals surface area contributed by atoms with Crippen LogP contribution in [0.5, 0.6) is 0 Å². The van der Waals surface area contributed by atoms with E-state index in [2.05, 4.69) is 16.1 Å². The summed E-state index contributed by atoms with van der Waals surface area (Å²) >= 11 is 0. The van der Waals surface area contributed by atoms with Gasteiger partial charge < -0.3 is 5.32 Å². The van der Waals surface area contributed by atoms with E-state index in [9.17, 15) is 0 Å². The molecule has 1 aliphatic heterocycles. The molecule has 0 unspecified atom stereocenters. The quantitative estimate of drug-likeness (QED) is 0.751. The summed E-state index contributed by atoms with van der Waals surface area (Å²) < 4.78 is 0. The van der Waals surface area contributed by atoms with Crippen molar-refractivity contribution in [2.24, 2.45) is 5.92 Å². The lowest BCUT2D eigenvalue weighted by Gasteiger charge is -2.32. The van der Waals surface area contributed by atoms with E-state index in [0.29, 0.717) is 0 Å². The van der Waals surface area contributed by atoms with Crippen LogP contribution in [-0.4, -0.2) is 37.1 Å². The fourth-order valence-electron chi connectivity index (χ4n) is 3.15. The van der Waals surface area contributed by atoms with Crippen LogP contribution in [0.2, 0.25) is 0 Å². The Bertz CT molecular complexity index is 242. The van der Waals surface area contributed by atoms with Crippen molar-refractivity contribution in [3.63, 3.8) is 0 Å². The zero-order valence-corrected chi connectivity index (χ0v) is 11.0. The molecule has 1 saturated heterocycles. The Balaban J connectivity index is 1.59. The summed E-state index contributed by atoms with van der Waals surface area (Å²) in [6, 6.07) is 0.742. The highest BCUT2D eigenvalue weighted by Gasteiger charge is 2.20. The molecule has 1 saturated carbocycles. The van der Waals surface area contributed by atoms with Crippen molar-refractivity contribution in [3.8, 4) is 12.3 Å². The molecule has 0 atom stereocenters. The normalized spacial score (nSPS) is 24.6. The summed E-state index contributed by atoms with van der Waals surface area (Å²) in [4.78, 5) is 2.39. The average Bonchev–Trinajstić information content (AvgIpc) is 2.40. The van der Waals surface area contributed by atoms with Gasteiger partial charge in [0.25, 0.3) is 0 Å². The maximum absolute atomic E-state index is 5.34. The van der Waals surface area contributed by atoms with E-state index in [1.54, 1.807) is 0 Å². The molecule has 0 amide bonds. The van der Waals surface area contributed by atoms with Gasteiger partial charge in [-0.15, -0.1) is 6.42 Å². The van der Waals surface area contributed by atoms with Crippen LogP contribution < -0.4 is 5.32 Å². The number of rotatable bonds is 4. The molecule has 2 heteroatoms. The smallest absolute Gasteiger partial charge is 0.0598 e. The van der Waals surface area contributed by atoms with E-state index >= 15 is 0 Å². The molecule has 0 bridgehead atoms. The van der Waals surface area contributed by atoms with Crippen LogP contribution in [-0.2, 0) is 0 Å². The van der Waals surface area contributed by atoms with Gasteiger partial charge in [0.2, 0.25) is 0 Å².